The van der Waals surface area contributed by atoms with Crippen LogP contribution in [0.2, 0.25) is 0 Å². The Morgan fingerprint density at radius 1 is 1.07 bits per heavy atom. The van der Waals surface area contributed by atoms with Crippen molar-refractivity contribution in [2.24, 2.45) is 0 Å². The molecule has 0 aliphatic carbocycles. The normalized spacial score (nSPS) is 16.3. The summed E-state index contributed by atoms with van der Waals surface area (Å²) in [5.74, 6) is 1.15. The molecule has 1 atom stereocenters. The van der Waals surface area contributed by atoms with E-state index in [4.69, 9.17) is 14.2 Å². The average molecular weight is 671 g/mol. The molecule has 11 heteroatoms. The van der Waals surface area contributed by atoms with Gasteiger partial charge in [0.2, 0.25) is 0 Å². The standard InChI is InChI=1S/C32H33BrFN3O5S/c1-2-16-43(38,39)17-15-40-14-12-32(11-4-13-42-32)24-7-9-29-27(19-24)31(36-22-35-29)37-26-8-10-30(28(33)20-26)41-21-23-5-3-6-25(34)18-23/h3-10,13,18-20,22H,2,11-12,14-17,21H2,1H3,(H,35,36,37). The van der Waals surface area contributed by atoms with Crippen LogP contribution in [0.15, 0.2) is 83.8 Å². The second-order valence-corrected chi connectivity index (χ2v) is 13.5. The first-order valence-electron chi connectivity index (χ1n) is 14.1. The lowest BCUT2D eigenvalue weighted by Crippen LogP contribution is -2.27. The smallest absolute Gasteiger partial charge is 0.152 e. The number of aromatic nitrogens is 2. The maximum Gasteiger partial charge on any atom is 0.152 e. The van der Waals surface area contributed by atoms with Crippen molar-refractivity contribution in [1.82, 2.24) is 9.97 Å². The number of rotatable bonds is 14. The molecular formula is C32H33BrFN3O5S. The minimum Gasteiger partial charge on any atom is -0.490 e. The topological polar surface area (TPSA) is 99.6 Å². The van der Waals surface area contributed by atoms with Crippen molar-refractivity contribution in [2.45, 2.75) is 38.4 Å². The van der Waals surface area contributed by atoms with Crippen molar-refractivity contribution >= 4 is 48.2 Å². The number of ether oxygens (including phenoxy) is 3. The van der Waals surface area contributed by atoms with Crippen molar-refractivity contribution in [3.8, 4) is 5.75 Å². The molecule has 1 aliphatic heterocycles. The highest BCUT2D eigenvalue weighted by atomic mass is 79.9. The Hall–Kier alpha value is -3.54. The van der Waals surface area contributed by atoms with E-state index >= 15 is 0 Å². The van der Waals surface area contributed by atoms with E-state index in [2.05, 4.69) is 31.2 Å². The minimum atomic E-state index is -3.09. The third kappa shape index (κ3) is 7.90. The Morgan fingerprint density at radius 2 is 1.95 bits per heavy atom. The Labute approximate surface area is 259 Å². The number of anilines is 2. The molecule has 2 heterocycles. The third-order valence-corrected chi connectivity index (χ3v) is 9.62. The summed E-state index contributed by atoms with van der Waals surface area (Å²) in [6.45, 7) is 2.62. The lowest BCUT2D eigenvalue weighted by molar-refractivity contribution is 0.00280. The fourth-order valence-corrected chi connectivity index (χ4v) is 6.65. The maximum absolute atomic E-state index is 13.5. The van der Waals surface area contributed by atoms with E-state index in [-0.39, 0.29) is 30.5 Å². The molecule has 0 radical (unpaired) electrons. The first-order valence-corrected chi connectivity index (χ1v) is 16.7. The van der Waals surface area contributed by atoms with Gasteiger partial charge in [0.15, 0.2) is 9.84 Å². The summed E-state index contributed by atoms with van der Waals surface area (Å²) in [7, 11) is -3.09. The highest BCUT2D eigenvalue weighted by Gasteiger charge is 2.35. The lowest BCUT2D eigenvalue weighted by atomic mass is 9.87. The monoisotopic (exact) mass is 669 g/mol. The van der Waals surface area contributed by atoms with Crippen LogP contribution in [-0.4, -0.2) is 43.1 Å². The summed E-state index contributed by atoms with van der Waals surface area (Å²) < 4.78 is 56.0. The second kappa shape index (κ2) is 13.8. The van der Waals surface area contributed by atoms with Crippen LogP contribution in [0.4, 0.5) is 15.9 Å². The van der Waals surface area contributed by atoms with Crippen molar-refractivity contribution in [2.75, 3.05) is 30.0 Å². The van der Waals surface area contributed by atoms with E-state index in [1.807, 2.05) is 55.5 Å². The molecule has 1 unspecified atom stereocenters. The summed E-state index contributed by atoms with van der Waals surface area (Å²) in [5.41, 5.74) is 2.62. The summed E-state index contributed by atoms with van der Waals surface area (Å²) in [6.07, 6.45) is 7.01. The van der Waals surface area contributed by atoms with E-state index in [0.717, 1.165) is 32.2 Å². The van der Waals surface area contributed by atoms with Crippen molar-refractivity contribution in [3.63, 3.8) is 0 Å². The first-order chi connectivity index (χ1) is 20.8. The molecule has 4 aromatic rings. The van der Waals surface area contributed by atoms with Crippen molar-refractivity contribution < 1.29 is 27.0 Å². The van der Waals surface area contributed by atoms with Crippen LogP contribution in [0, 0.1) is 5.82 Å². The van der Waals surface area contributed by atoms with E-state index < -0.39 is 15.4 Å². The van der Waals surface area contributed by atoms with E-state index in [9.17, 15) is 12.8 Å². The number of hydrogen-bond donors (Lipinski definition) is 1. The summed E-state index contributed by atoms with van der Waals surface area (Å²) in [5, 5.41) is 4.21. The van der Waals surface area contributed by atoms with Crippen LogP contribution in [0.1, 0.15) is 37.3 Å². The number of sulfone groups is 1. The first kappa shape index (κ1) is 30.9. The minimum absolute atomic E-state index is 0.0194. The van der Waals surface area contributed by atoms with Gasteiger partial charge in [-0.05, 0) is 82.0 Å². The number of nitrogens with zero attached hydrogens (tertiary/aromatic N) is 2. The Morgan fingerprint density at radius 3 is 2.72 bits per heavy atom. The summed E-state index contributed by atoms with van der Waals surface area (Å²) in [4.78, 5) is 8.96. The van der Waals surface area contributed by atoms with Crippen LogP contribution >= 0.6 is 15.9 Å². The number of nitrogens with one attached hydrogen (secondary N) is 1. The van der Waals surface area contributed by atoms with Gasteiger partial charge in [-0.25, -0.2) is 22.8 Å². The highest BCUT2D eigenvalue weighted by Crippen LogP contribution is 2.40. The van der Waals surface area contributed by atoms with E-state index in [1.54, 1.807) is 12.3 Å². The number of benzene rings is 3. The van der Waals surface area contributed by atoms with E-state index in [1.165, 1.54) is 18.5 Å². The van der Waals surface area contributed by atoms with Crippen LogP contribution in [0.3, 0.4) is 0 Å². The molecule has 0 amide bonds. The SMILES string of the molecule is CCCS(=O)(=O)CCOCCC1(c2ccc3ncnc(Nc4ccc(OCc5cccc(F)c5)c(Br)c4)c3c2)CC=CO1. The molecule has 43 heavy (non-hydrogen) atoms. The van der Waals surface area contributed by atoms with Crippen molar-refractivity contribution in [1.29, 1.82) is 0 Å². The van der Waals surface area contributed by atoms with Crippen LogP contribution in [0.25, 0.3) is 10.9 Å². The summed E-state index contributed by atoms with van der Waals surface area (Å²) >= 11 is 3.57. The average Bonchev–Trinajstić information content (AvgIpc) is 3.46. The molecule has 8 nitrogen and oxygen atoms in total. The predicted molar refractivity (Wildman–Crippen MR) is 169 cm³/mol. The molecule has 3 aromatic carbocycles. The van der Waals surface area contributed by atoms with Gasteiger partial charge in [0.25, 0.3) is 0 Å². The zero-order valence-corrected chi connectivity index (χ0v) is 26.2. The number of halogens is 2. The lowest BCUT2D eigenvalue weighted by Gasteiger charge is -2.29. The molecule has 1 aromatic heterocycles. The molecule has 0 saturated carbocycles. The van der Waals surface area contributed by atoms with Crippen LogP contribution in [-0.2, 0) is 31.5 Å². The van der Waals surface area contributed by atoms with Gasteiger partial charge < -0.3 is 19.5 Å². The van der Waals surface area contributed by atoms with Gasteiger partial charge in [0, 0.05) is 29.7 Å². The summed E-state index contributed by atoms with van der Waals surface area (Å²) in [6, 6.07) is 17.9. The molecule has 0 bridgehead atoms. The fourth-order valence-electron chi connectivity index (χ4n) is 4.95. The number of hydrogen-bond acceptors (Lipinski definition) is 8. The zero-order valence-electron chi connectivity index (χ0n) is 23.8. The zero-order chi connectivity index (χ0) is 30.3. The molecule has 0 spiro atoms. The van der Waals surface area contributed by atoms with Gasteiger partial charge >= 0.3 is 0 Å². The molecule has 5 rings (SSSR count). The Kier molecular flexibility index (Phi) is 9.94. The molecule has 0 saturated heterocycles. The number of fused-ring (bicyclic) bond motifs is 1. The Bertz CT molecular complexity index is 1710. The predicted octanol–water partition coefficient (Wildman–Crippen LogP) is 7.21. The van der Waals surface area contributed by atoms with Gasteiger partial charge in [0.1, 0.15) is 35.9 Å². The second-order valence-electron chi connectivity index (χ2n) is 10.3. The van der Waals surface area contributed by atoms with Gasteiger partial charge in [-0.2, -0.15) is 0 Å². The molecule has 1 aliphatic rings. The van der Waals surface area contributed by atoms with E-state index in [0.29, 0.717) is 37.4 Å². The third-order valence-electron chi connectivity index (χ3n) is 7.18. The molecule has 1 N–H and O–H groups in total. The Balaban J connectivity index is 1.29. The quantitative estimate of drug-likeness (QED) is 0.141. The van der Waals surface area contributed by atoms with Crippen molar-refractivity contribution in [3.05, 3.63) is 101 Å². The largest absolute Gasteiger partial charge is 0.490 e. The fraction of sp³-hybridized carbons (Fsp3) is 0.312. The van der Waals surface area contributed by atoms with Gasteiger partial charge in [-0.15, -0.1) is 0 Å². The highest BCUT2D eigenvalue weighted by molar-refractivity contribution is 9.10. The molecular weight excluding hydrogens is 637 g/mol. The van der Waals surface area contributed by atoms with Gasteiger partial charge in [-0.1, -0.05) is 25.1 Å². The van der Waals surface area contributed by atoms with Crippen LogP contribution < -0.4 is 10.1 Å². The van der Waals surface area contributed by atoms with Gasteiger partial charge in [-0.3, -0.25) is 0 Å². The molecule has 0 fully saturated rings. The van der Waals surface area contributed by atoms with Gasteiger partial charge in [0.05, 0.1) is 35.2 Å². The molecule has 226 valence electrons. The van der Waals surface area contributed by atoms with Crippen LogP contribution in [0.5, 0.6) is 5.75 Å². The maximum atomic E-state index is 13.5.